The van der Waals surface area contributed by atoms with Gasteiger partial charge in [0.05, 0.1) is 25.9 Å². The van der Waals surface area contributed by atoms with Crippen LogP contribution in [0.3, 0.4) is 0 Å². The van der Waals surface area contributed by atoms with Crippen LogP contribution in [0, 0.1) is 0 Å². The Morgan fingerprint density at radius 3 is 2.48 bits per heavy atom. The highest BCUT2D eigenvalue weighted by molar-refractivity contribution is 5.32. The van der Waals surface area contributed by atoms with E-state index in [9.17, 15) is 5.11 Å². The summed E-state index contributed by atoms with van der Waals surface area (Å²) in [4.78, 5) is 13.1. The smallest absolute Gasteiger partial charge is 0.290 e. The lowest BCUT2D eigenvalue weighted by atomic mass is 10.2. The number of β-amino-alcohol motifs (C(OH)–C–C–N with tert-alkyl or cyclic N) is 1. The maximum Gasteiger partial charge on any atom is 0.290 e. The predicted octanol–water partition coefficient (Wildman–Crippen LogP) is -0.509. The zero-order valence-electron chi connectivity index (χ0n) is 12.8. The molecule has 0 aromatic carbocycles. The first-order chi connectivity index (χ1) is 10.2. The number of nitrogens with zero attached hydrogens (tertiary/aromatic N) is 2. The van der Waals surface area contributed by atoms with Gasteiger partial charge in [-0.05, 0) is 25.9 Å². The Balaban J connectivity index is 0.000000677. The first-order valence-electron chi connectivity index (χ1n) is 7.52. The van der Waals surface area contributed by atoms with E-state index in [-0.39, 0.29) is 12.6 Å². The first-order valence-corrected chi connectivity index (χ1v) is 7.52. The second kappa shape index (κ2) is 10.9. The van der Waals surface area contributed by atoms with Crippen LogP contribution in [0.2, 0.25) is 0 Å². The number of likely N-dealkylation sites (tertiary alicyclic amines) is 2. The summed E-state index contributed by atoms with van der Waals surface area (Å²) in [6.45, 7) is 6.76. The standard InChI is InChI=1S/C13H26N2O3.CH2O2/c1-17-8-9-18-7-6-14-10-12(13(16)11-14)15-4-2-3-5-15;2-1-3/h12-13,16H,2-11H2,1H3;1H,(H,2,3)/t12-,13-;/m0./s1. The number of hydrogen-bond acceptors (Lipinski definition) is 6. The van der Waals surface area contributed by atoms with Crippen LogP contribution in [0.1, 0.15) is 12.8 Å². The zero-order chi connectivity index (χ0) is 15.5. The summed E-state index contributed by atoms with van der Waals surface area (Å²) in [6, 6.07) is 0.339. The van der Waals surface area contributed by atoms with Crippen LogP contribution >= 0.6 is 0 Å². The Morgan fingerprint density at radius 2 is 1.86 bits per heavy atom. The summed E-state index contributed by atoms with van der Waals surface area (Å²) in [5.41, 5.74) is 0. The number of ether oxygens (including phenoxy) is 2. The molecule has 2 N–H and O–H groups in total. The lowest BCUT2D eigenvalue weighted by molar-refractivity contribution is -0.122. The van der Waals surface area contributed by atoms with Crippen molar-refractivity contribution in [2.75, 3.05) is 59.7 Å². The number of rotatable bonds is 7. The van der Waals surface area contributed by atoms with Crippen molar-refractivity contribution in [3.63, 3.8) is 0 Å². The van der Waals surface area contributed by atoms with E-state index in [1.807, 2.05) is 0 Å². The van der Waals surface area contributed by atoms with Crippen LogP contribution < -0.4 is 0 Å². The molecule has 0 spiro atoms. The fourth-order valence-corrected chi connectivity index (χ4v) is 2.90. The van der Waals surface area contributed by atoms with Crippen molar-refractivity contribution in [3.8, 4) is 0 Å². The molecule has 0 saturated carbocycles. The van der Waals surface area contributed by atoms with Gasteiger partial charge in [0.1, 0.15) is 0 Å². The maximum atomic E-state index is 10.1. The fourth-order valence-electron chi connectivity index (χ4n) is 2.90. The molecule has 2 heterocycles. The third-order valence-electron chi connectivity index (χ3n) is 3.93. The molecular formula is C14H28N2O5. The van der Waals surface area contributed by atoms with Crippen LogP contribution in [-0.4, -0.2) is 98.3 Å². The van der Waals surface area contributed by atoms with E-state index < -0.39 is 0 Å². The number of carbonyl (C=O) groups is 1. The molecule has 2 saturated heterocycles. The molecule has 2 rings (SSSR count). The maximum absolute atomic E-state index is 10.1. The van der Waals surface area contributed by atoms with Crippen molar-refractivity contribution in [2.45, 2.75) is 25.0 Å². The summed E-state index contributed by atoms with van der Waals surface area (Å²) in [6.07, 6.45) is 2.37. The van der Waals surface area contributed by atoms with Crippen LogP contribution in [0.4, 0.5) is 0 Å². The van der Waals surface area contributed by atoms with E-state index in [1.54, 1.807) is 7.11 Å². The normalized spacial score (nSPS) is 26.6. The van der Waals surface area contributed by atoms with Crippen LogP contribution in [-0.2, 0) is 14.3 Å². The molecule has 7 heteroatoms. The lowest BCUT2D eigenvalue weighted by Gasteiger charge is -2.25. The van der Waals surface area contributed by atoms with Crippen molar-refractivity contribution in [3.05, 3.63) is 0 Å². The molecule has 7 nitrogen and oxygen atoms in total. The van der Waals surface area contributed by atoms with E-state index in [4.69, 9.17) is 19.4 Å². The number of aliphatic hydroxyl groups is 1. The zero-order valence-corrected chi connectivity index (χ0v) is 12.8. The average molecular weight is 304 g/mol. The topological polar surface area (TPSA) is 82.5 Å². The quantitative estimate of drug-likeness (QED) is 0.484. The minimum absolute atomic E-state index is 0.193. The highest BCUT2D eigenvalue weighted by Crippen LogP contribution is 2.20. The molecule has 2 aliphatic heterocycles. The van der Waals surface area contributed by atoms with Gasteiger partial charge in [0, 0.05) is 32.8 Å². The van der Waals surface area contributed by atoms with Gasteiger partial charge in [-0.3, -0.25) is 14.6 Å². The molecule has 0 unspecified atom stereocenters. The number of aliphatic hydroxyl groups excluding tert-OH is 1. The van der Waals surface area contributed by atoms with Gasteiger partial charge in [0.15, 0.2) is 0 Å². The van der Waals surface area contributed by atoms with Crippen molar-refractivity contribution >= 4 is 6.47 Å². The average Bonchev–Trinajstić information content (AvgIpc) is 3.09. The highest BCUT2D eigenvalue weighted by atomic mass is 16.5. The van der Waals surface area contributed by atoms with Gasteiger partial charge in [-0.1, -0.05) is 0 Å². The minimum atomic E-state index is -0.250. The van der Waals surface area contributed by atoms with E-state index >= 15 is 0 Å². The molecule has 21 heavy (non-hydrogen) atoms. The molecular weight excluding hydrogens is 276 g/mol. The van der Waals surface area contributed by atoms with Gasteiger partial charge in [-0.2, -0.15) is 0 Å². The largest absolute Gasteiger partial charge is 0.483 e. The number of hydrogen-bond donors (Lipinski definition) is 2. The highest BCUT2D eigenvalue weighted by Gasteiger charge is 2.35. The van der Waals surface area contributed by atoms with Crippen LogP contribution in [0.5, 0.6) is 0 Å². The third kappa shape index (κ3) is 6.71. The van der Waals surface area contributed by atoms with Crippen LogP contribution in [0.15, 0.2) is 0 Å². The Bertz CT molecular complexity index is 274. The molecule has 0 amide bonds. The summed E-state index contributed by atoms with van der Waals surface area (Å²) in [7, 11) is 1.68. The molecule has 0 aromatic rings. The van der Waals surface area contributed by atoms with Gasteiger partial charge in [-0.15, -0.1) is 0 Å². The Hall–Kier alpha value is -0.730. The Labute approximate surface area is 126 Å². The van der Waals surface area contributed by atoms with Gasteiger partial charge in [0.25, 0.3) is 6.47 Å². The van der Waals surface area contributed by atoms with E-state index in [1.165, 1.54) is 12.8 Å². The Kier molecular flexibility index (Phi) is 9.53. The molecule has 0 radical (unpaired) electrons. The minimum Gasteiger partial charge on any atom is -0.483 e. The van der Waals surface area contributed by atoms with Crippen molar-refractivity contribution in [2.24, 2.45) is 0 Å². The Morgan fingerprint density at radius 1 is 1.19 bits per heavy atom. The number of methoxy groups -OCH3 is 1. The molecule has 0 aromatic heterocycles. The number of carboxylic acid groups (broad SMARTS) is 1. The van der Waals surface area contributed by atoms with Gasteiger partial charge >= 0.3 is 0 Å². The lowest BCUT2D eigenvalue weighted by Crippen LogP contribution is -2.41. The SMILES string of the molecule is COCCOCCN1C[C@H](O)[C@@H](N2CCCC2)C1.O=CO. The summed E-state index contributed by atoms with van der Waals surface area (Å²) in [5, 5.41) is 17.0. The molecule has 2 atom stereocenters. The summed E-state index contributed by atoms with van der Waals surface area (Å²) in [5.74, 6) is 0. The van der Waals surface area contributed by atoms with Gasteiger partial charge < -0.3 is 19.7 Å². The summed E-state index contributed by atoms with van der Waals surface area (Å²) < 4.78 is 10.4. The van der Waals surface area contributed by atoms with Gasteiger partial charge in [0.2, 0.25) is 0 Å². The molecule has 2 fully saturated rings. The molecule has 0 bridgehead atoms. The van der Waals surface area contributed by atoms with E-state index in [0.717, 1.165) is 39.3 Å². The first kappa shape index (κ1) is 18.3. The molecule has 0 aliphatic carbocycles. The predicted molar refractivity (Wildman–Crippen MR) is 78.4 cm³/mol. The second-order valence-corrected chi connectivity index (χ2v) is 5.35. The molecule has 124 valence electrons. The second-order valence-electron chi connectivity index (χ2n) is 5.35. The van der Waals surface area contributed by atoms with Crippen LogP contribution in [0.25, 0.3) is 0 Å². The van der Waals surface area contributed by atoms with Crippen molar-refractivity contribution in [1.29, 1.82) is 0 Å². The van der Waals surface area contributed by atoms with Crippen molar-refractivity contribution < 1.29 is 24.5 Å². The van der Waals surface area contributed by atoms with Gasteiger partial charge in [-0.25, -0.2) is 0 Å². The third-order valence-corrected chi connectivity index (χ3v) is 3.93. The fraction of sp³-hybridized carbons (Fsp3) is 0.929. The van der Waals surface area contributed by atoms with E-state index in [2.05, 4.69) is 9.80 Å². The molecule has 2 aliphatic rings. The summed E-state index contributed by atoms with van der Waals surface area (Å²) >= 11 is 0. The van der Waals surface area contributed by atoms with E-state index in [0.29, 0.717) is 19.3 Å². The van der Waals surface area contributed by atoms with Crippen molar-refractivity contribution in [1.82, 2.24) is 9.80 Å². The monoisotopic (exact) mass is 304 g/mol.